The molecule has 0 saturated heterocycles. The third-order valence-electron chi connectivity index (χ3n) is 5.23. The monoisotopic (exact) mass is 432 g/mol. The van der Waals surface area contributed by atoms with Crippen LogP contribution in [0.1, 0.15) is 36.6 Å². The summed E-state index contributed by atoms with van der Waals surface area (Å²) < 4.78 is 10.5. The summed E-state index contributed by atoms with van der Waals surface area (Å²) in [5, 5.41) is 14.4. The molecule has 2 aromatic carbocycles. The molecule has 8 heteroatoms. The van der Waals surface area contributed by atoms with Gasteiger partial charge in [0.15, 0.2) is 11.3 Å². The summed E-state index contributed by atoms with van der Waals surface area (Å²) in [5.74, 6) is 3.16. The van der Waals surface area contributed by atoms with E-state index in [0.717, 1.165) is 39.4 Å². The molecule has 0 fully saturated rings. The van der Waals surface area contributed by atoms with Gasteiger partial charge in [0.05, 0.1) is 19.9 Å². The Morgan fingerprint density at radius 1 is 0.781 bits per heavy atom. The van der Waals surface area contributed by atoms with Crippen molar-refractivity contribution in [3.05, 3.63) is 65.4 Å². The van der Waals surface area contributed by atoms with Crippen LogP contribution < -0.4 is 20.1 Å². The first-order chi connectivity index (χ1) is 15.6. The third-order valence-corrected chi connectivity index (χ3v) is 5.23. The number of H-pyrrole nitrogens is 1. The summed E-state index contributed by atoms with van der Waals surface area (Å²) in [6.07, 6.45) is 0. The molecule has 3 N–H and O–H groups in total. The first-order valence-electron chi connectivity index (χ1n) is 10.6. The highest BCUT2D eigenvalue weighted by atomic mass is 16.5. The van der Waals surface area contributed by atoms with E-state index in [1.54, 1.807) is 14.2 Å². The molecule has 4 rings (SSSR count). The fraction of sp³-hybridized carbons (Fsp3) is 0.292. The number of nitrogens with one attached hydrogen (secondary N) is 3. The van der Waals surface area contributed by atoms with Crippen LogP contribution in [0.25, 0.3) is 11.0 Å². The van der Waals surface area contributed by atoms with Crippen LogP contribution in [0.5, 0.6) is 11.5 Å². The Bertz CT molecular complexity index is 1170. The van der Waals surface area contributed by atoms with Crippen molar-refractivity contribution in [2.45, 2.75) is 32.9 Å². The van der Waals surface area contributed by atoms with Gasteiger partial charge in [-0.2, -0.15) is 10.1 Å². The van der Waals surface area contributed by atoms with Crippen LogP contribution in [0.15, 0.2) is 48.5 Å². The summed E-state index contributed by atoms with van der Waals surface area (Å²) in [5.41, 5.74) is 4.77. The van der Waals surface area contributed by atoms with Crippen LogP contribution in [-0.2, 0) is 13.1 Å². The Morgan fingerprint density at radius 2 is 1.34 bits per heavy atom. The standard InChI is InChI=1S/C24H28N6O2/c1-15(2)20-21-22(30-29-20)23(25-13-16-5-9-18(31-3)10-6-16)28-24(27-21)26-14-17-7-11-19(32-4)12-8-17/h5-12,15H,13-14H2,1-4H3,(H,29,30)(H2,25,26,27,28). The van der Waals surface area contributed by atoms with Crippen molar-refractivity contribution in [1.29, 1.82) is 0 Å². The molecule has 0 saturated carbocycles. The molecule has 2 heterocycles. The number of fused-ring (bicyclic) bond motifs is 1. The highest BCUT2D eigenvalue weighted by Crippen LogP contribution is 2.27. The van der Waals surface area contributed by atoms with Crippen molar-refractivity contribution in [2.75, 3.05) is 24.9 Å². The lowest BCUT2D eigenvalue weighted by atomic mass is 10.1. The molecular formula is C24H28N6O2. The average molecular weight is 433 g/mol. The maximum absolute atomic E-state index is 5.24. The predicted octanol–water partition coefficient (Wildman–Crippen LogP) is 4.72. The quantitative estimate of drug-likeness (QED) is 0.352. The predicted molar refractivity (Wildman–Crippen MR) is 126 cm³/mol. The molecule has 0 atom stereocenters. The Morgan fingerprint density at radius 3 is 1.88 bits per heavy atom. The minimum absolute atomic E-state index is 0.263. The number of aromatic amines is 1. The van der Waals surface area contributed by atoms with Crippen LogP contribution >= 0.6 is 0 Å². The second-order valence-electron chi connectivity index (χ2n) is 7.79. The Hall–Kier alpha value is -3.81. The van der Waals surface area contributed by atoms with Crippen molar-refractivity contribution in [3.8, 4) is 11.5 Å². The molecule has 4 aromatic rings. The molecule has 0 aliphatic carbocycles. The second kappa shape index (κ2) is 9.55. The van der Waals surface area contributed by atoms with E-state index in [0.29, 0.717) is 24.9 Å². The van der Waals surface area contributed by atoms with E-state index in [1.807, 2.05) is 48.5 Å². The second-order valence-corrected chi connectivity index (χ2v) is 7.79. The summed E-state index contributed by atoms with van der Waals surface area (Å²) in [6.45, 7) is 5.44. The maximum atomic E-state index is 5.24. The summed E-state index contributed by atoms with van der Waals surface area (Å²) in [7, 11) is 3.32. The lowest BCUT2D eigenvalue weighted by molar-refractivity contribution is 0.414. The van der Waals surface area contributed by atoms with E-state index in [-0.39, 0.29) is 5.92 Å². The third kappa shape index (κ3) is 4.74. The van der Waals surface area contributed by atoms with E-state index in [1.165, 1.54) is 0 Å². The smallest absolute Gasteiger partial charge is 0.225 e. The molecule has 0 bridgehead atoms. The minimum Gasteiger partial charge on any atom is -0.497 e. The first kappa shape index (κ1) is 21.4. The zero-order valence-corrected chi connectivity index (χ0v) is 18.8. The highest BCUT2D eigenvalue weighted by Gasteiger charge is 2.17. The SMILES string of the molecule is COc1ccc(CNc2nc(NCc3ccc(OC)cc3)c3n[nH]c(C(C)C)c3n2)cc1. The Labute approximate surface area is 187 Å². The maximum Gasteiger partial charge on any atom is 0.225 e. The van der Waals surface area contributed by atoms with Gasteiger partial charge in [-0.3, -0.25) is 5.10 Å². The lowest BCUT2D eigenvalue weighted by Gasteiger charge is -2.11. The number of rotatable bonds is 9. The number of hydrogen-bond donors (Lipinski definition) is 3. The van der Waals surface area contributed by atoms with Gasteiger partial charge < -0.3 is 20.1 Å². The van der Waals surface area contributed by atoms with E-state index in [4.69, 9.17) is 19.4 Å². The van der Waals surface area contributed by atoms with E-state index < -0.39 is 0 Å². The summed E-state index contributed by atoms with van der Waals surface area (Å²) in [6, 6.07) is 15.9. The molecular weight excluding hydrogens is 404 g/mol. The van der Waals surface area contributed by atoms with Crippen molar-refractivity contribution in [3.63, 3.8) is 0 Å². The van der Waals surface area contributed by atoms with Gasteiger partial charge >= 0.3 is 0 Å². The summed E-state index contributed by atoms with van der Waals surface area (Å²) in [4.78, 5) is 9.45. The van der Waals surface area contributed by atoms with Gasteiger partial charge in [0.2, 0.25) is 5.95 Å². The highest BCUT2D eigenvalue weighted by molar-refractivity contribution is 5.88. The van der Waals surface area contributed by atoms with Gasteiger partial charge in [0.25, 0.3) is 0 Å². The van der Waals surface area contributed by atoms with Gasteiger partial charge in [0.1, 0.15) is 17.0 Å². The molecule has 166 valence electrons. The zero-order valence-electron chi connectivity index (χ0n) is 18.8. The number of ether oxygens (including phenoxy) is 2. The van der Waals surface area contributed by atoms with Crippen LogP contribution in [-0.4, -0.2) is 34.4 Å². The fourth-order valence-electron chi connectivity index (χ4n) is 3.38. The van der Waals surface area contributed by atoms with Gasteiger partial charge in [-0.15, -0.1) is 0 Å². The van der Waals surface area contributed by atoms with Crippen LogP contribution in [0.3, 0.4) is 0 Å². The summed E-state index contributed by atoms with van der Waals surface area (Å²) >= 11 is 0. The largest absolute Gasteiger partial charge is 0.497 e. The van der Waals surface area contributed by atoms with Crippen molar-refractivity contribution >= 4 is 22.8 Å². The first-order valence-corrected chi connectivity index (χ1v) is 10.6. The molecule has 8 nitrogen and oxygen atoms in total. The Kier molecular flexibility index (Phi) is 6.39. The van der Waals surface area contributed by atoms with Gasteiger partial charge in [-0.25, -0.2) is 4.98 Å². The van der Waals surface area contributed by atoms with Crippen LogP contribution in [0.2, 0.25) is 0 Å². The minimum atomic E-state index is 0.263. The van der Waals surface area contributed by atoms with Crippen molar-refractivity contribution < 1.29 is 9.47 Å². The van der Waals surface area contributed by atoms with E-state index >= 15 is 0 Å². The van der Waals surface area contributed by atoms with Crippen LogP contribution in [0.4, 0.5) is 11.8 Å². The lowest BCUT2D eigenvalue weighted by Crippen LogP contribution is -2.08. The average Bonchev–Trinajstić information content (AvgIpc) is 3.26. The number of hydrogen-bond acceptors (Lipinski definition) is 7. The van der Waals surface area contributed by atoms with Crippen LogP contribution in [0, 0.1) is 0 Å². The van der Waals surface area contributed by atoms with Gasteiger partial charge in [-0.05, 0) is 41.3 Å². The number of methoxy groups -OCH3 is 2. The fourth-order valence-corrected chi connectivity index (χ4v) is 3.38. The number of benzene rings is 2. The molecule has 0 aliphatic rings. The van der Waals surface area contributed by atoms with E-state index in [2.05, 4.69) is 34.7 Å². The molecule has 0 aliphatic heterocycles. The molecule has 0 amide bonds. The number of anilines is 2. The van der Waals surface area contributed by atoms with E-state index in [9.17, 15) is 0 Å². The topological polar surface area (TPSA) is 97.0 Å². The molecule has 0 spiro atoms. The Balaban J connectivity index is 1.58. The van der Waals surface area contributed by atoms with Crippen molar-refractivity contribution in [2.24, 2.45) is 0 Å². The van der Waals surface area contributed by atoms with Gasteiger partial charge in [-0.1, -0.05) is 38.1 Å². The zero-order chi connectivity index (χ0) is 22.5. The van der Waals surface area contributed by atoms with Gasteiger partial charge in [0, 0.05) is 13.1 Å². The normalized spacial score (nSPS) is 11.0. The molecule has 0 unspecified atom stereocenters. The molecule has 2 aromatic heterocycles. The molecule has 32 heavy (non-hydrogen) atoms. The van der Waals surface area contributed by atoms with Crippen molar-refractivity contribution in [1.82, 2.24) is 20.2 Å². The molecule has 0 radical (unpaired) electrons. The number of aromatic nitrogens is 4. The number of nitrogens with zero attached hydrogens (tertiary/aromatic N) is 3.